The van der Waals surface area contributed by atoms with Crippen LogP contribution < -0.4 is 0 Å². The van der Waals surface area contributed by atoms with Crippen LogP contribution in [0.2, 0.25) is 0 Å². The average molecular weight is 244 g/mol. The first-order chi connectivity index (χ1) is 7.45. The van der Waals surface area contributed by atoms with E-state index in [-0.39, 0.29) is 16.6 Å². The molecule has 0 saturated carbocycles. The SMILES string of the molecule is CCC(C)S(=O)Cc1cc(C(=O)O)c(C)o1. The maximum atomic E-state index is 11.7. The summed E-state index contributed by atoms with van der Waals surface area (Å²) in [5, 5.41) is 8.93. The van der Waals surface area contributed by atoms with Gasteiger partial charge in [-0.1, -0.05) is 13.8 Å². The lowest BCUT2D eigenvalue weighted by Gasteiger charge is -2.06. The number of carboxylic acid groups (broad SMARTS) is 1. The number of carbonyl (C=O) groups is 1. The van der Waals surface area contributed by atoms with E-state index < -0.39 is 16.8 Å². The molecule has 1 rings (SSSR count). The van der Waals surface area contributed by atoms with Crippen molar-refractivity contribution in [2.45, 2.75) is 38.2 Å². The first-order valence-corrected chi connectivity index (χ1v) is 6.53. The maximum Gasteiger partial charge on any atom is 0.339 e. The molecule has 0 aliphatic heterocycles. The van der Waals surface area contributed by atoms with E-state index >= 15 is 0 Å². The monoisotopic (exact) mass is 244 g/mol. The summed E-state index contributed by atoms with van der Waals surface area (Å²) in [5.74, 6) is 0.113. The highest BCUT2D eigenvalue weighted by atomic mass is 32.2. The van der Waals surface area contributed by atoms with E-state index in [2.05, 4.69) is 0 Å². The van der Waals surface area contributed by atoms with Crippen LogP contribution in [0.15, 0.2) is 10.5 Å². The number of carboxylic acids is 1. The van der Waals surface area contributed by atoms with Gasteiger partial charge < -0.3 is 9.52 Å². The molecule has 0 amide bonds. The van der Waals surface area contributed by atoms with Crippen LogP contribution in [0.1, 0.15) is 42.1 Å². The molecule has 0 saturated heterocycles. The van der Waals surface area contributed by atoms with Gasteiger partial charge in [-0.3, -0.25) is 4.21 Å². The molecule has 90 valence electrons. The number of rotatable bonds is 5. The van der Waals surface area contributed by atoms with Crippen molar-refractivity contribution in [1.82, 2.24) is 0 Å². The molecule has 16 heavy (non-hydrogen) atoms. The quantitative estimate of drug-likeness (QED) is 0.863. The molecule has 0 aliphatic carbocycles. The van der Waals surface area contributed by atoms with Gasteiger partial charge in [-0.2, -0.15) is 0 Å². The number of hydrogen-bond donors (Lipinski definition) is 1. The lowest BCUT2D eigenvalue weighted by molar-refractivity contribution is 0.0695. The van der Waals surface area contributed by atoms with Crippen LogP contribution in [-0.4, -0.2) is 20.5 Å². The molecule has 5 heteroatoms. The van der Waals surface area contributed by atoms with Crippen LogP contribution in [0.5, 0.6) is 0 Å². The molecule has 0 radical (unpaired) electrons. The number of aryl methyl sites for hydroxylation is 1. The molecule has 0 spiro atoms. The zero-order valence-electron chi connectivity index (χ0n) is 9.65. The summed E-state index contributed by atoms with van der Waals surface area (Å²) in [6.07, 6.45) is 0.831. The third-order valence-corrected chi connectivity index (χ3v) is 4.31. The van der Waals surface area contributed by atoms with Gasteiger partial charge in [-0.15, -0.1) is 0 Å². The van der Waals surface area contributed by atoms with Crippen LogP contribution in [0.4, 0.5) is 0 Å². The Morgan fingerprint density at radius 3 is 2.69 bits per heavy atom. The summed E-state index contributed by atoms with van der Waals surface area (Å²) in [4.78, 5) is 10.8. The van der Waals surface area contributed by atoms with Crippen molar-refractivity contribution >= 4 is 16.8 Å². The molecule has 2 atom stereocenters. The van der Waals surface area contributed by atoms with Crippen molar-refractivity contribution in [1.29, 1.82) is 0 Å². The van der Waals surface area contributed by atoms with Gasteiger partial charge in [0.1, 0.15) is 17.1 Å². The van der Waals surface area contributed by atoms with Crippen LogP contribution in [0.3, 0.4) is 0 Å². The molecule has 1 aromatic rings. The second kappa shape index (κ2) is 5.30. The van der Waals surface area contributed by atoms with Crippen molar-refractivity contribution in [2.75, 3.05) is 0 Å². The summed E-state index contributed by atoms with van der Waals surface area (Å²) in [6, 6.07) is 1.46. The van der Waals surface area contributed by atoms with Gasteiger partial charge in [0.15, 0.2) is 0 Å². The summed E-state index contributed by atoms with van der Waals surface area (Å²) < 4.78 is 17.0. The molecule has 1 heterocycles. The van der Waals surface area contributed by atoms with E-state index in [0.717, 1.165) is 6.42 Å². The standard InChI is InChI=1S/C11H16O4S/c1-4-7(2)16(14)6-9-5-10(11(12)13)8(3)15-9/h5,7H,4,6H2,1-3H3,(H,12,13). The Kier molecular flexibility index (Phi) is 4.29. The van der Waals surface area contributed by atoms with Gasteiger partial charge in [0.25, 0.3) is 0 Å². The minimum absolute atomic E-state index is 0.0960. The zero-order chi connectivity index (χ0) is 12.3. The van der Waals surface area contributed by atoms with E-state index in [1.165, 1.54) is 6.07 Å². The third-order valence-electron chi connectivity index (χ3n) is 2.51. The Hall–Kier alpha value is -1.10. The second-order valence-corrected chi connectivity index (χ2v) is 5.59. The summed E-state index contributed by atoms with van der Waals surface area (Å²) in [5.41, 5.74) is 0.149. The Bertz CT molecular complexity index is 408. The highest BCUT2D eigenvalue weighted by Gasteiger charge is 2.17. The molecule has 0 bridgehead atoms. The second-order valence-electron chi connectivity index (χ2n) is 3.73. The molecule has 1 aromatic heterocycles. The summed E-state index contributed by atoms with van der Waals surface area (Å²) >= 11 is 0. The minimum Gasteiger partial charge on any atom is -0.478 e. The first kappa shape index (κ1) is 13.0. The topological polar surface area (TPSA) is 67.5 Å². The Morgan fingerprint density at radius 1 is 1.62 bits per heavy atom. The van der Waals surface area contributed by atoms with E-state index in [1.54, 1.807) is 6.92 Å². The van der Waals surface area contributed by atoms with Crippen molar-refractivity contribution in [3.8, 4) is 0 Å². The highest BCUT2D eigenvalue weighted by molar-refractivity contribution is 7.84. The van der Waals surface area contributed by atoms with Crippen molar-refractivity contribution < 1.29 is 18.5 Å². The predicted molar refractivity (Wildman–Crippen MR) is 62.0 cm³/mol. The van der Waals surface area contributed by atoms with Crippen molar-refractivity contribution in [3.63, 3.8) is 0 Å². The minimum atomic E-state index is -1.01. The average Bonchev–Trinajstić information content (AvgIpc) is 2.58. The van der Waals surface area contributed by atoms with Gasteiger partial charge in [0.2, 0.25) is 0 Å². The smallest absolute Gasteiger partial charge is 0.339 e. The lowest BCUT2D eigenvalue weighted by Crippen LogP contribution is -2.10. The fourth-order valence-corrected chi connectivity index (χ4v) is 2.37. The van der Waals surface area contributed by atoms with Gasteiger partial charge in [0, 0.05) is 16.0 Å². The van der Waals surface area contributed by atoms with Gasteiger partial charge in [-0.25, -0.2) is 4.79 Å². The lowest BCUT2D eigenvalue weighted by atomic mass is 10.2. The van der Waals surface area contributed by atoms with Gasteiger partial charge in [-0.05, 0) is 19.4 Å². The Labute approximate surface area is 97.1 Å². The normalized spacial score (nSPS) is 14.7. The highest BCUT2D eigenvalue weighted by Crippen LogP contribution is 2.17. The molecule has 0 aliphatic rings. The molecular weight excluding hydrogens is 228 g/mol. The Balaban J connectivity index is 2.79. The van der Waals surface area contributed by atoms with Crippen LogP contribution in [0, 0.1) is 6.92 Å². The molecular formula is C11H16O4S. The van der Waals surface area contributed by atoms with Gasteiger partial charge in [0.05, 0.1) is 5.75 Å². The predicted octanol–water partition coefficient (Wildman–Crippen LogP) is 2.33. The number of hydrogen-bond acceptors (Lipinski definition) is 3. The molecule has 1 N–H and O–H groups in total. The molecule has 4 nitrogen and oxygen atoms in total. The molecule has 2 unspecified atom stereocenters. The van der Waals surface area contributed by atoms with E-state index in [0.29, 0.717) is 11.5 Å². The van der Waals surface area contributed by atoms with Crippen LogP contribution >= 0.6 is 0 Å². The fraction of sp³-hybridized carbons (Fsp3) is 0.545. The molecule has 0 fully saturated rings. The largest absolute Gasteiger partial charge is 0.478 e. The van der Waals surface area contributed by atoms with Gasteiger partial charge >= 0.3 is 5.97 Å². The Morgan fingerprint density at radius 2 is 2.25 bits per heavy atom. The van der Waals surface area contributed by atoms with E-state index in [9.17, 15) is 9.00 Å². The van der Waals surface area contributed by atoms with Crippen molar-refractivity contribution in [3.05, 3.63) is 23.2 Å². The number of furan rings is 1. The summed E-state index contributed by atoms with van der Waals surface area (Å²) in [7, 11) is -1.01. The van der Waals surface area contributed by atoms with Crippen LogP contribution in [0.25, 0.3) is 0 Å². The van der Waals surface area contributed by atoms with E-state index in [1.807, 2.05) is 13.8 Å². The maximum absolute atomic E-state index is 11.7. The third kappa shape index (κ3) is 2.95. The fourth-order valence-electron chi connectivity index (χ4n) is 1.30. The zero-order valence-corrected chi connectivity index (χ0v) is 10.5. The summed E-state index contributed by atoms with van der Waals surface area (Å²) in [6.45, 7) is 5.47. The first-order valence-electron chi connectivity index (χ1n) is 5.15. The van der Waals surface area contributed by atoms with E-state index in [4.69, 9.17) is 9.52 Å². The molecule has 0 aromatic carbocycles. The van der Waals surface area contributed by atoms with Crippen LogP contribution in [-0.2, 0) is 16.6 Å². The number of aromatic carboxylic acids is 1. The van der Waals surface area contributed by atoms with Crippen molar-refractivity contribution in [2.24, 2.45) is 0 Å².